The zero-order chi connectivity index (χ0) is 9.71. The number of fused-ring (bicyclic) bond motifs is 3. The summed E-state index contributed by atoms with van der Waals surface area (Å²) in [6, 6.07) is 8.17. The topological polar surface area (TPSA) is 22.0 Å². The van der Waals surface area contributed by atoms with E-state index in [1.165, 1.54) is 10.9 Å². The van der Waals surface area contributed by atoms with E-state index in [-0.39, 0.29) is 5.78 Å². The molecule has 1 atom stereocenters. The number of Topliss-reactive ketones (excluding diaryl/α,β-unsaturated/α-hetero) is 1. The molecule has 0 saturated carbocycles. The molecule has 1 heterocycles. The van der Waals surface area contributed by atoms with Crippen LogP contribution in [0.15, 0.2) is 24.3 Å². The van der Waals surface area contributed by atoms with E-state index in [9.17, 15) is 4.79 Å². The maximum atomic E-state index is 11.6. The molecule has 0 radical (unpaired) electrons. The predicted octanol–water partition coefficient (Wildman–Crippen LogP) is 2.41. The fourth-order valence-electron chi connectivity index (χ4n) is 2.24. The van der Waals surface area contributed by atoms with E-state index in [0.717, 1.165) is 17.6 Å². The molecule has 1 unspecified atom stereocenters. The van der Waals surface area contributed by atoms with Crippen molar-refractivity contribution in [2.45, 2.75) is 12.8 Å². The quantitative estimate of drug-likeness (QED) is 0.602. The Labute approximate surface area is 84.2 Å². The third-order valence-electron chi connectivity index (χ3n) is 2.88. The fourth-order valence-corrected chi connectivity index (χ4v) is 2.77. The minimum absolute atomic E-state index is 0.270. The van der Waals surface area contributed by atoms with Gasteiger partial charge in [-0.3, -0.25) is 4.79 Å². The number of ketones is 1. The Balaban J connectivity index is 2.51. The Morgan fingerprint density at radius 3 is 2.86 bits per heavy atom. The average Bonchev–Trinajstić information content (AvgIpc) is 2.70. The highest BCUT2D eigenvalue weighted by Gasteiger charge is 2.26. The monoisotopic (exact) mass is 203 g/mol. The Morgan fingerprint density at radius 1 is 1.21 bits per heavy atom. The summed E-state index contributed by atoms with van der Waals surface area (Å²) in [7, 11) is 2.63. The number of aryl methyl sites for hydroxylation is 1. The lowest BCUT2D eigenvalue weighted by atomic mass is 10.1. The van der Waals surface area contributed by atoms with Gasteiger partial charge < -0.3 is 4.34 Å². The van der Waals surface area contributed by atoms with Crippen LogP contribution in [0.25, 0.3) is 10.9 Å². The number of hydrogen-bond acceptors (Lipinski definition) is 1. The molecule has 2 aromatic rings. The summed E-state index contributed by atoms with van der Waals surface area (Å²) in [5.74, 6) is 0.270. The number of carbonyl (C=O) groups is 1. The van der Waals surface area contributed by atoms with Crippen molar-refractivity contribution in [3.63, 3.8) is 0 Å². The van der Waals surface area contributed by atoms with Crippen LogP contribution >= 0.6 is 9.39 Å². The van der Waals surface area contributed by atoms with Crippen molar-refractivity contribution in [1.29, 1.82) is 0 Å². The molecule has 0 saturated heterocycles. The second kappa shape index (κ2) is 2.68. The van der Waals surface area contributed by atoms with Gasteiger partial charge in [-0.1, -0.05) is 18.2 Å². The van der Waals surface area contributed by atoms with E-state index < -0.39 is 0 Å². The van der Waals surface area contributed by atoms with Crippen LogP contribution in [-0.4, -0.2) is 10.1 Å². The lowest BCUT2D eigenvalue weighted by Gasteiger charge is -1.98. The highest BCUT2D eigenvalue weighted by Crippen LogP contribution is 2.33. The number of para-hydroxylation sites is 1. The van der Waals surface area contributed by atoms with Gasteiger partial charge in [0.2, 0.25) is 0 Å². The molecule has 2 nitrogen and oxygen atoms in total. The summed E-state index contributed by atoms with van der Waals surface area (Å²) in [6.45, 7) is 0. The van der Waals surface area contributed by atoms with Gasteiger partial charge >= 0.3 is 0 Å². The zero-order valence-electron chi connectivity index (χ0n) is 7.66. The third kappa shape index (κ3) is 0.869. The van der Waals surface area contributed by atoms with Crippen molar-refractivity contribution in [2.75, 3.05) is 0 Å². The van der Waals surface area contributed by atoms with Crippen LogP contribution in [0.4, 0.5) is 0 Å². The Bertz CT molecular complexity index is 541. The van der Waals surface area contributed by atoms with Crippen LogP contribution in [0.3, 0.4) is 0 Å². The molecule has 1 aliphatic rings. The van der Waals surface area contributed by atoms with Crippen molar-refractivity contribution < 1.29 is 4.79 Å². The molecule has 14 heavy (non-hydrogen) atoms. The van der Waals surface area contributed by atoms with E-state index in [4.69, 9.17) is 0 Å². The number of carbonyl (C=O) groups excluding carboxylic acids is 1. The normalized spacial score (nSPS) is 15.1. The minimum atomic E-state index is 0.270. The van der Waals surface area contributed by atoms with Crippen molar-refractivity contribution >= 4 is 26.1 Å². The number of aromatic nitrogens is 1. The molecule has 0 bridgehead atoms. The summed E-state index contributed by atoms with van der Waals surface area (Å²) >= 11 is 0. The second-order valence-electron chi connectivity index (χ2n) is 3.64. The zero-order valence-corrected chi connectivity index (χ0v) is 8.81. The lowest BCUT2D eigenvalue weighted by Crippen LogP contribution is -1.96. The van der Waals surface area contributed by atoms with Gasteiger partial charge in [-0.25, -0.2) is 0 Å². The fraction of sp³-hybridized carbons (Fsp3) is 0.182. The van der Waals surface area contributed by atoms with E-state index in [1.807, 2.05) is 22.5 Å². The summed E-state index contributed by atoms with van der Waals surface area (Å²) in [5, 5.41) is 1.23. The van der Waals surface area contributed by atoms with Crippen LogP contribution in [0.5, 0.6) is 0 Å². The number of benzene rings is 1. The molecule has 0 fully saturated rings. The maximum absolute atomic E-state index is 11.6. The molecule has 1 aromatic heterocycles. The van der Waals surface area contributed by atoms with Gasteiger partial charge in [0.25, 0.3) is 0 Å². The van der Waals surface area contributed by atoms with Gasteiger partial charge in [0.05, 0.1) is 11.2 Å². The van der Waals surface area contributed by atoms with E-state index in [0.29, 0.717) is 6.42 Å². The Hall–Kier alpha value is -1.14. The molecule has 70 valence electrons. The largest absolute Gasteiger partial charge is 0.322 e. The molecule has 3 rings (SSSR count). The van der Waals surface area contributed by atoms with E-state index in [2.05, 4.69) is 15.5 Å². The first kappa shape index (κ1) is 8.19. The number of rotatable bonds is 0. The SMILES string of the molecule is O=C1CCc2c1n(P)c1ccccc21. The van der Waals surface area contributed by atoms with Crippen molar-refractivity contribution in [2.24, 2.45) is 0 Å². The minimum Gasteiger partial charge on any atom is -0.322 e. The molecule has 0 N–H and O–H groups in total. The molecule has 3 heteroatoms. The first-order chi connectivity index (χ1) is 6.79. The Kier molecular flexibility index (Phi) is 1.57. The van der Waals surface area contributed by atoms with E-state index >= 15 is 0 Å². The number of nitrogens with zero attached hydrogens (tertiary/aromatic N) is 1. The van der Waals surface area contributed by atoms with Gasteiger partial charge in [-0.05, 0) is 27.4 Å². The first-order valence-electron chi connectivity index (χ1n) is 4.69. The first-order valence-corrected chi connectivity index (χ1v) is 5.21. The van der Waals surface area contributed by atoms with Crippen molar-refractivity contribution in [3.8, 4) is 0 Å². The molecular weight excluding hydrogens is 193 g/mol. The summed E-state index contributed by atoms with van der Waals surface area (Å²) in [5.41, 5.74) is 3.24. The van der Waals surface area contributed by atoms with Gasteiger partial charge in [-0.2, -0.15) is 0 Å². The van der Waals surface area contributed by atoms with Gasteiger partial charge in [0, 0.05) is 11.8 Å². The summed E-state index contributed by atoms with van der Waals surface area (Å²) in [4.78, 5) is 11.6. The summed E-state index contributed by atoms with van der Waals surface area (Å²) < 4.78 is 1.94. The van der Waals surface area contributed by atoms with Gasteiger partial charge in [0.1, 0.15) is 0 Å². The van der Waals surface area contributed by atoms with Crippen LogP contribution < -0.4 is 0 Å². The van der Waals surface area contributed by atoms with Crippen LogP contribution in [0.1, 0.15) is 22.5 Å². The molecule has 0 amide bonds. The predicted molar refractivity (Wildman–Crippen MR) is 59.7 cm³/mol. The highest BCUT2D eigenvalue weighted by atomic mass is 31.0. The molecule has 1 aromatic carbocycles. The van der Waals surface area contributed by atoms with Gasteiger partial charge in [0.15, 0.2) is 5.78 Å². The third-order valence-corrected chi connectivity index (χ3v) is 3.42. The molecule has 1 aliphatic carbocycles. The maximum Gasteiger partial charge on any atom is 0.180 e. The molecular formula is C11H10NOP. The van der Waals surface area contributed by atoms with Crippen molar-refractivity contribution in [1.82, 2.24) is 4.34 Å². The average molecular weight is 203 g/mol. The number of hydrogen-bond donors (Lipinski definition) is 0. The standard InChI is InChI=1S/C11H10NOP/c13-10-6-5-8-7-3-1-2-4-9(7)12(14)11(8)10/h1-4H,5-6,14H2. The van der Waals surface area contributed by atoms with Crippen LogP contribution in [0.2, 0.25) is 0 Å². The van der Waals surface area contributed by atoms with E-state index in [1.54, 1.807) is 0 Å². The second-order valence-corrected chi connectivity index (χ2v) is 4.15. The van der Waals surface area contributed by atoms with Gasteiger partial charge in [-0.15, -0.1) is 0 Å². The van der Waals surface area contributed by atoms with Crippen LogP contribution in [-0.2, 0) is 6.42 Å². The molecule has 0 aliphatic heterocycles. The Morgan fingerprint density at radius 2 is 2.00 bits per heavy atom. The highest BCUT2D eigenvalue weighted by molar-refractivity contribution is 7.15. The van der Waals surface area contributed by atoms with Crippen molar-refractivity contribution in [3.05, 3.63) is 35.5 Å². The smallest absolute Gasteiger partial charge is 0.180 e. The lowest BCUT2D eigenvalue weighted by molar-refractivity contribution is 0.0990. The van der Waals surface area contributed by atoms with Crippen LogP contribution in [0, 0.1) is 0 Å². The molecule has 0 spiro atoms. The summed E-state index contributed by atoms with van der Waals surface area (Å²) in [6.07, 6.45) is 1.57.